The molecule has 2 aliphatic heterocycles. The zero-order valence-electron chi connectivity index (χ0n) is 13.7. The molecule has 0 aliphatic carbocycles. The Kier molecular flexibility index (Phi) is 4.83. The third kappa shape index (κ3) is 3.42. The van der Waals surface area contributed by atoms with Crippen molar-refractivity contribution < 1.29 is 14.4 Å². The fourth-order valence-electron chi connectivity index (χ4n) is 3.62. The summed E-state index contributed by atoms with van der Waals surface area (Å²) in [5.41, 5.74) is 6.49. The van der Waals surface area contributed by atoms with Crippen LogP contribution < -0.4 is 5.73 Å². The van der Waals surface area contributed by atoms with Crippen LogP contribution in [0.4, 0.5) is 0 Å². The molecule has 2 atom stereocenters. The molecule has 0 bridgehead atoms. The molecule has 0 spiro atoms. The monoisotopic (exact) mass is 329 g/mol. The minimum atomic E-state index is -0.524. The summed E-state index contributed by atoms with van der Waals surface area (Å²) in [4.78, 5) is 40.0. The van der Waals surface area contributed by atoms with E-state index >= 15 is 0 Å². The Balaban J connectivity index is 1.66. The van der Waals surface area contributed by atoms with Gasteiger partial charge in [0, 0.05) is 26.1 Å². The Hall–Kier alpha value is -2.37. The molecule has 3 amide bonds. The van der Waals surface area contributed by atoms with Crippen molar-refractivity contribution in [1.82, 2.24) is 9.80 Å². The fourth-order valence-corrected chi connectivity index (χ4v) is 3.62. The van der Waals surface area contributed by atoms with Crippen LogP contribution in [-0.2, 0) is 20.9 Å². The van der Waals surface area contributed by atoms with Gasteiger partial charge >= 0.3 is 0 Å². The zero-order chi connectivity index (χ0) is 17.1. The molecule has 0 saturated carbocycles. The molecule has 24 heavy (non-hydrogen) atoms. The third-order valence-electron chi connectivity index (χ3n) is 4.89. The number of carbonyl (C=O) groups excluding carboxylic acids is 3. The van der Waals surface area contributed by atoms with Gasteiger partial charge in [-0.3, -0.25) is 14.4 Å². The van der Waals surface area contributed by atoms with Crippen molar-refractivity contribution in [2.75, 3.05) is 13.1 Å². The van der Waals surface area contributed by atoms with Gasteiger partial charge in [0.1, 0.15) is 6.04 Å². The van der Waals surface area contributed by atoms with Crippen molar-refractivity contribution in [3.8, 4) is 0 Å². The molecule has 0 aromatic heterocycles. The van der Waals surface area contributed by atoms with Gasteiger partial charge in [-0.15, -0.1) is 0 Å². The smallest absolute Gasteiger partial charge is 0.240 e. The van der Waals surface area contributed by atoms with Crippen molar-refractivity contribution >= 4 is 17.7 Å². The highest BCUT2D eigenvalue weighted by atomic mass is 16.2. The maximum absolute atomic E-state index is 12.8. The van der Waals surface area contributed by atoms with Crippen LogP contribution in [-0.4, -0.2) is 46.7 Å². The van der Waals surface area contributed by atoms with Gasteiger partial charge in [-0.1, -0.05) is 30.3 Å². The molecule has 3 rings (SSSR count). The van der Waals surface area contributed by atoms with E-state index in [9.17, 15) is 14.4 Å². The van der Waals surface area contributed by atoms with Crippen LogP contribution in [0.5, 0.6) is 0 Å². The van der Waals surface area contributed by atoms with Crippen LogP contribution in [0.25, 0.3) is 0 Å². The molecule has 6 nitrogen and oxygen atoms in total. The average molecular weight is 329 g/mol. The van der Waals surface area contributed by atoms with E-state index in [0.717, 1.165) is 18.4 Å². The molecule has 128 valence electrons. The van der Waals surface area contributed by atoms with Gasteiger partial charge in [0.2, 0.25) is 17.7 Å². The van der Waals surface area contributed by atoms with E-state index < -0.39 is 11.9 Å². The van der Waals surface area contributed by atoms with Crippen LogP contribution in [0.3, 0.4) is 0 Å². The van der Waals surface area contributed by atoms with Crippen molar-refractivity contribution in [2.24, 2.45) is 11.7 Å². The minimum absolute atomic E-state index is 0.00941. The first-order valence-electron chi connectivity index (χ1n) is 8.48. The van der Waals surface area contributed by atoms with Gasteiger partial charge in [0.15, 0.2) is 0 Å². The number of rotatable bonds is 4. The van der Waals surface area contributed by atoms with Gasteiger partial charge in [-0.25, -0.2) is 0 Å². The lowest BCUT2D eigenvalue weighted by Crippen LogP contribution is -2.52. The highest BCUT2D eigenvalue weighted by Crippen LogP contribution is 2.26. The molecular formula is C18H23N3O3. The first-order chi connectivity index (χ1) is 11.6. The Labute approximate surface area is 141 Å². The summed E-state index contributed by atoms with van der Waals surface area (Å²) < 4.78 is 0. The van der Waals surface area contributed by atoms with Gasteiger partial charge in [-0.2, -0.15) is 0 Å². The molecule has 1 aromatic rings. The Bertz CT molecular complexity index is 632. The van der Waals surface area contributed by atoms with Crippen molar-refractivity contribution in [1.29, 1.82) is 0 Å². The summed E-state index contributed by atoms with van der Waals surface area (Å²) >= 11 is 0. The van der Waals surface area contributed by atoms with E-state index in [4.69, 9.17) is 5.73 Å². The molecule has 6 heteroatoms. The number of hydrogen-bond donors (Lipinski definition) is 1. The van der Waals surface area contributed by atoms with Crippen LogP contribution in [0.2, 0.25) is 0 Å². The van der Waals surface area contributed by atoms with E-state index in [0.29, 0.717) is 26.1 Å². The van der Waals surface area contributed by atoms with Crippen LogP contribution in [0.15, 0.2) is 30.3 Å². The first-order valence-corrected chi connectivity index (χ1v) is 8.48. The molecule has 2 saturated heterocycles. The highest BCUT2D eigenvalue weighted by Gasteiger charge is 2.40. The minimum Gasteiger partial charge on any atom is -0.368 e. The lowest BCUT2D eigenvalue weighted by atomic mass is 9.98. The molecule has 2 aliphatic rings. The average Bonchev–Trinajstić information content (AvgIpc) is 2.96. The SMILES string of the molecule is NC(=O)C1CCCCN1C(=O)C1CC(=O)N(Cc2ccccc2)C1. The van der Waals surface area contributed by atoms with Crippen LogP contribution in [0.1, 0.15) is 31.2 Å². The second-order valence-corrected chi connectivity index (χ2v) is 6.61. The molecule has 2 heterocycles. The summed E-state index contributed by atoms with van der Waals surface area (Å²) in [6, 6.07) is 9.21. The molecule has 0 radical (unpaired) electrons. The van der Waals surface area contributed by atoms with Gasteiger partial charge in [0.05, 0.1) is 5.92 Å². The van der Waals surface area contributed by atoms with Crippen molar-refractivity contribution in [3.63, 3.8) is 0 Å². The second-order valence-electron chi connectivity index (χ2n) is 6.61. The number of piperidine rings is 1. The quantitative estimate of drug-likeness (QED) is 0.891. The predicted octanol–water partition coefficient (Wildman–Crippen LogP) is 0.901. The van der Waals surface area contributed by atoms with E-state index in [1.165, 1.54) is 0 Å². The van der Waals surface area contributed by atoms with Crippen molar-refractivity contribution in [2.45, 2.75) is 38.3 Å². The summed E-state index contributed by atoms with van der Waals surface area (Å²) in [5, 5.41) is 0. The van der Waals surface area contributed by atoms with E-state index in [1.54, 1.807) is 9.80 Å². The Morgan fingerprint density at radius 3 is 2.62 bits per heavy atom. The Morgan fingerprint density at radius 1 is 1.17 bits per heavy atom. The topological polar surface area (TPSA) is 83.7 Å². The number of primary amides is 1. The first kappa shape index (κ1) is 16.5. The number of nitrogens with two attached hydrogens (primary N) is 1. The summed E-state index contributed by atoms with van der Waals surface area (Å²) in [6.07, 6.45) is 2.62. The third-order valence-corrected chi connectivity index (χ3v) is 4.89. The molecule has 2 N–H and O–H groups in total. The van der Waals surface area contributed by atoms with Gasteiger partial charge in [0.25, 0.3) is 0 Å². The maximum atomic E-state index is 12.8. The molecular weight excluding hydrogens is 306 g/mol. The number of nitrogens with zero attached hydrogens (tertiary/aromatic N) is 2. The second kappa shape index (κ2) is 7.03. The largest absolute Gasteiger partial charge is 0.368 e. The summed E-state index contributed by atoms with van der Waals surface area (Å²) in [5.74, 6) is -0.943. The van der Waals surface area contributed by atoms with Gasteiger partial charge in [-0.05, 0) is 24.8 Å². The number of amides is 3. The number of hydrogen-bond acceptors (Lipinski definition) is 3. The zero-order valence-corrected chi connectivity index (χ0v) is 13.7. The number of benzene rings is 1. The summed E-state index contributed by atoms with van der Waals surface area (Å²) in [6.45, 7) is 1.48. The molecule has 1 aromatic carbocycles. The maximum Gasteiger partial charge on any atom is 0.240 e. The normalized spacial score (nSPS) is 24.2. The lowest BCUT2D eigenvalue weighted by molar-refractivity contribution is -0.144. The lowest BCUT2D eigenvalue weighted by Gasteiger charge is -2.35. The Morgan fingerprint density at radius 2 is 1.92 bits per heavy atom. The van der Waals surface area contributed by atoms with E-state index in [2.05, 4.69) is 0 Å². The molecule has 2 unspecified atom stereocenters. The summed E-state index contributed by atoms with van der Waals surface area (Å²) in [7, 11) is 0. The van der Waals surface area contributed by atoms with Crippen LogP contribution in [0, 0.1) is 5.92 Å². The fraction of sp³-hybridized carbons (Fsp3) is 0.500. The number of carbonyl (C=O) groups is 3. The number of likely N-dealkylation sites (tertiary alicyclic amines) is 2. The highest BCUT2D eigenvalue weighted by molar-refractivity contribution is 5.92. The predicted molar refractivity (Wildman–Crippen MR) is 88.5 cm³/mol. The molecule has 2 fully saturated rings. The van der Waals surface area contributed by atoms with Gasteiger partial charge < -0.3 is 15.5 Å². The van der Waals surface area contributed by atoms with E-state index in [1.807, 2.05) is 30.3 Å². The van der Waals surface area contributed by atoms with Crippen LogP contribution >= 0.6 is 0 Å². The standard InChI is InChI=1S/C18H23N3O3/c19-17(23)15-8-4-5-9-21(15)18(24)14-10-16(22)20(12-14)11-13-6-2-1-3-7-13/h1-3,6-7,14-15H,4-5,8-12H2,(H2,19,23). The van der Waals surface area contributed by atoms with Crippen molar-refractivity contribution in [3.05, 3.63) is 35.9 Å². The van der Waals surface area contributed by atoms with E-state index in [-0.39, 0.29) is 24.2 Å².